The number of nitrogens with one attached hydrogen (secondary N) is 1. The van der Waals surface area contributed by atoms with Gasteiger partial charge in [0, 0.05) is 6.42 Å². The SMILES string of the molecule is CNCCCc1nnc(-c2scc(C)c2Cl)o1. The maximum absolute atomic E-state index is 6.15. The molecule has 0 fully saturated rings. The molecule has 0 aliphatic carbocycles. The van der Waals surface area contributed by atoms with E-state index in [9.17, 15) is 0 Å². The number of nitrogens with zero attached hydrogens (tertiary/aromatic N) is 2. The summed E-state index contributed by atoms with van der Waals surface area (Å²) < 4.78 is 5.59. The standard InChI is InChI=1S/C11H14ClN3OS/c1-7-6-17-10(9(7)12)11-15-14-8(16-11)4-3-5-13-2/h6,13H,3-5H2,1-2H3. The number of hydrogen-bond acceptors (Lipinski definition) is 5. The van der Waals surface area contributed by atoms with Gasteiger partial charge in [0.1, 0.15) is 4.88 Å². The minimum atomic E-state index is 0.521. The van der Waals surface area contributed by atoms with Crippen molar-refractivity contribution in [3.05, 3.63) is 21.9 Å². The molecule has 0 aliphatic heterocycles. The van der Waals surface area contributed by atoms with Crippen LogP contribution in [0.5, 0.6) is 0 Å². The van der Waals surface area contributed by atoms with E-state index in [1.807, 2.05) is 19.4 Å². The van der Waals surface area contributed by atoms with Gasteiger partial charge in [-0.3, -0.25) is 0 Å². The van der Waals surface area contributed by atoms with Gasteiger partial charge in [-0.25, -0.2) is 0 Å². The van der Waals surface area contributed by atoms with E-state index in [2.05, 4.69) is 15.5 Å². The molecular weight excluding hydrogens is 258 g/mol. The number of halogens is 1. The Morgan fingerprint density at radius 1 is 1.47 bits per heavy atom. The summed E-state index contributed by atoms with van der Waals surface area (Å²) in [6.07, 6.45) is 1.77. The number of hydrogen-bond donors (Lipinski definition) is 1. The van der Waals surface area contributed by atoms with Gasteiger partial charge in [0.25, 0.3) is 5.89 Å². The zero-order valence-corrected chi connectivity index (χ0v) is 11.4. The number of rotatable bonds is 5. The highest BCUT2D eigenvalue weighted by atomic mass is 35.5. The van der Waals surface area contributed by atoms with Gasteiger partial charge in [-0.1, -0.05) is 11.6 Å². The summed E-state index contributed by atoms with van der Waals surface area (Å²) in [4.78, 5) is 0.858. The Labute approximate surface area is 109 Å². The number of thiophene rings is 1. The monoisotopic (exact) mass is 271 g/mol. The molecular formula is C11H14ClN3OS. The highest BCUT2D eigenvalue weighted by Gasteiger charge is 2.15. The maximum Gasteiger partial charge on any atom is 0.259 e. The predicted molar refractivity (Wildman–Crippen MR) is 69.6 cm³/mol. The van der Waals surface area contributed by atoms with E-state index in [0.717, 1.165) is 29.8 Å². The second-order valence-electron chi connectivity index (χ2n) is 3.77. The van der Waals surface area contributed by atoms with Crippen LogP contribution < -0.4 is 5.32 Å². The second kappa shape index (κ2) is 5.62. The largest absolute Gasteiger partial charge is 0.420 e. The molecule has 0 aliphatic rings. The molecule has 1 N–H and O–H groups in total. The second-order valence-corrected chi connectivity index (χ2v) is 5.03. The minimum Gasteiger partial charge on any atom is -0.420 e. The van der Waals surface area contributed by atoms with Crippen LogP contribution in [-0.4, -0.2) is 23.8 Å². The lowest BCUT2D eigenvalue weighted by molar-refractivity contribution is 0.495. The van der Waals surface area contributed by atoms with Gasteiger partial charge in [0.15, 0.2) is 0 Å². The van der Waals surface area contributed by atoms with Gasteiger partial charge in [-0.05, 0) is 37.9 Å². The van der Waals surface area contributed by atoms with Crippen molar-refractivity contribution in [2.75, 3.05) is 13.6 Å². The lowest BCUT2D eigenvalue weighted by Crippen LogP contribution is -2.08. The average molecular weight is 272 g/mol. The van der Waals surface area contributed by atoms with Crippen molar-refractivity contribution >= 4 is 22.9 Å². The fourth-order valence-electron chi connectivity index (χ4n) is 1.44. The lowest BCUT2D eigenvalue weighted by atomic mass is 10.3. The molecule has 0 saturated carbocycles. The summed E-state index contributed by atoms with van der Waals surface area (Å²) in [6, 6.07) is 0. The molecule has 2 aromatic rings. The Morgan fingerprint density at radius 2 is 2.29 bits per heavy atom. The molecule has 2 heterocycles. The van der Waals surface area contributed by atoms with Gasteiger partial charge in [0.2, 0.25) is 5.89 Å². The van der Waals surface area contributed by atoms with Crippen LogP contribution in [0.2, 0.25) is 5.02 Å². The first kappa shape index (κ1) is 12.5. The first-order chi connectivity index (χ1) is 8.22. The summed E-state index contributed by atoms with van der Waals surface area (Å²) in [5.74, 6) is 1.19. The van der Waals surface area contributed by atoms with Crippen LogP contribution in [0.1, 0.15) is 17.9 Å². The topological polar surface area (TPSA) is 51.0 Å². The Hall–Kier alpha value is -0.910. The molecule has 0 radical (unpaired) electrons. The van der Waals surface area contributed by atoms with Crippen molar-refractivity contribution in [2.45, 2.75) is 19.8 Å². The molecule has 0 atom stereocenters. The third-order valence-corrected chi connectivity index (χ3v) is 4.06. The average Bonchev–Trinajstić information content (AvgIpc) is 2.89. The smallest absolute Gasteiger partial charge is 0.259 e. The summed E-state index contributed by atoms with van der Waals surface area (Å²) in [6.45, 7) is 2.91. The molecule has 0 unspecified atom stereocenters. The molecule has 2 aromatic heterocycles. The van der Waals surface area contributed by atoms with Crippen LogP contribution in [0.25, 0.3) is 10.8 Å². The predicted octanol–water partition coefficient (Wildman–Crippen LogP) is 2.91. The van der Waals surface area contributed by atoms with E-state index in [1.165, 1.54) is 11.3 Å². The van der Waals surface area contributed by atoms with E-state index in [1.54, 1.807) is 0 Å². The molecule has 92 valence electrons. The molecule has 0 bridgehead atoms. The van der Waals surface area contributed by atoms with E-state index in [-0.39, 0.29) is 0 Å². The summed E-state index contributed by atoms with van der Waals surface area (Å²) >= 11 is 7.68. The minimum absolute atomic E-state index is 0.521. The molecule has 0 spiro atoms. The molecule has 2 rings (SSSR count). The maximum atomic E-state index is 6.15. The fraction of sp³-hybridized carbons (Fsp3) is 0.455. The summed E-state index contributed by atoms with van der Waals surface area (Å²) in [5.41, 5.74) is 1.04. The van der Waals surface area contributed by atoms with Crippen LogP contribution in [0.4, 0.5) is 0 Å². The molecule has 0 amide bonds. The van der Waals surface area contributed by atoms with Gasteiger partial charge < -0.3 is 9.73 Å². The molecule has 17 heavy (non-hydrogen) atoms. The third kappa shape index (κ3) is 2.86. The first-order valence-corrected chi connectivity index (χ1v) is 6.69. The van der Waals surface area contributed by atoms with Crippen LogP contribution >= 0.6 is 22.9 Å². The van der Waals surface area contributed by atoms with Crippen LogP contribution in [0.15, 0.2) is 9.80 Å². The van der Waals surface area contributed by atoms with Crippen molar-refractivity contribution in [3.63, 3.8) is 0 Å². The zero-order chi connectivity index (χ0) is 12.3. The normalized spacial score (nSPS) is 11.0. The Morgan fingerprint density at radius 3 is 2.94 bits per heavy atom. The third-order valence-electron chi connectivity index (χ3n) is 2.38. The highest BCUT2D eigenvalue weighted by Crippen LogP contribution is 2.35. The van der Waals surface area contributed by atoms with Gasteiger partial charge >= 0.3 is 0 Å². The summed E-state index contributed by atoms with van der Waals surface area (Å²) in [5, 5.41) is 13.8. The quantitative estimate of drug-likeness (QED) is 0.850. The van der Waals surface area contributed by atoms with Crippen LogP contribution in [0.3, 0.4) is 0 Å². The molecule has 4 nitrogen and oxygen atoms in total. The van der Waals surface area contributed by atoms with Crippen LogP contribution in [0, 0.1) is 6.92 Å². The van der Waals surface area contributed by atoms with Crippen LogP contribution in [-0.2, 0) is 6.42 Å². The van der Waals surface area contributed by atoms with Crippen molar-refractivity contribution in [3.8, 4) is 10.8 Å². The van der Waals surface area contributed by atoms with Crippen molar-refractivity contribution in [1.29, 1.82) is 0 Å². The zero-order valence-electron chi connectivity index (χ0n) is 9.79. The lowest BCUT2D eigenvalue weighted by Gasteiger charge is -1.94. The van der Waals surface area contributed by atoms with Crippen molar-refractivity contribution in [2.24, 2.45) is 0 Å². The van der Waals surface area contributed by atoms with Crippen molar-refractivity contribution < 1.29 is 4.42 Å². The number of aryl methyl sites for hydroxylation is 2. The van der Waals surface area contributed by atoms with Gasteiger partial charge in [-0.2, -0.15) is 0 Å². The highest BCUT2D eigenvalue weighted by molar-refractivity contribution is 7.14. The van der Waals surface area contributed by atoms with E-state index >= 15 is 0 Å². The Balaban J connectivity index is 2.10. The first-order valence-electron chi connectivity index (χ1n) is 5.43. The Kier molecular flexibility index (Phi) is 4.15. The van der Waals surface area contributed by atoms with E-state index in [0.29, 0.717) is 16.8 Å². The summed E-state index contributed by atoms with van der Waals surface area (Å²) in [7, 11) is 1.92. The number of aromatic nitrogens is 2. The fourth-order valence-corrected chi connectivity index (χ4v) is 2.63. The van der Waals surface area contributed by atoms with Gasteiger partial charge in [-0.15, -0.1) is 21.5 Å². The van der Waals surface area contributed by atoms with E-state index in [4.69, 9.17) is 16.0 Å². The molecule has 6 heteroatoms. The molecule has 0 saturated heterocycles. The van der Waals surface area contributed by atoms with Gasteiger partial charge in [0.05, 0.1) is 5.02 Å². The van der Waals surface area contributed by atoms with E-state index < -0.39 is 0 Å². The molecule has 0 aromatic carbocycles. The van der Waals surface area contributed by atoms with Crippen molar-refractivity contribution in [1.82, 2.24) is 15.5 Å². The Bertz CT molecular complexity index is 495.